The summed E-state index contributed by atoms with van der Waals surface area (Å²) in [5.74, 6) is -0.462. The number of benzene rings is 1. The van der Waals surface area contributed by atoms with Crippen molar-refractivity contribution in [1.29, 1.82) is 0 Å². The Hall–Kier alpha value is -2.54. The van der Waals surface area contributed by atoms with Gasteiger partial charge < -0.3 is 5.32 Å². The topological polar surface area (TPSA) is 79.4 Å². The fourth-order valence-corrected chi connectivity index (χ4v) is 4.01. The van der Waals surface area contributed by atoms with E-state index in [1.54, 1.807) is 24.3 Å². The molecule has 7 heteroatoms. The summed E-state index contributed by atoms with van der Waals surface area (Å²) in [6.45, 7) is 6.19. The number of fused-ring (bicyclic) bond motifs is 1. The largest absolute Gasteiger partial charge is 0.347 e. The van der Waals surface area contributed by atoms with Gasteiger partial charge in [0.2, 0.25) is 5.91 Å². The molecule has 1 unspecified atom stereocenters. The number of carbonyl (C=O) groups is 3. The second-order valence-corrected chi connectivity index (χ2v) is 8.02. The molecule has 0 bridgehead atoms. The molecule has 0 saturated carbocycles. The number of thiazole rings is 1. The van der Waals surface area contributed by atoms with E-state index < -0.39 is 0 Å². The van der Waals surface area contributed by atoms with Crippen molar-refractivity contribution in [3.05, 3.63) is 51.5 Å². The molecule has 6 nitrogen and oxygen atoms in total. The van der Waals surface area contributed by atoms with Crippen LogP contribution >= 0.6 is 11.3 Å². The number of amides is 3. The summed E-state index contributed by atoms with van der Waals surface area (Å²) in [4.78, 5) is 42.9. The Balaban J connectivity index is 1.62. The second-order valence-electron chi connectivity index (χ2n) is 7.13. The summed E-state index contributed by atoms with van der Waals surface area (Å²) in [7, 11) is 0. The van der Waals surface area contributed by atoms with Crippen molar-refractivity contribution < 1.29 is 14.4 Å². The van der Waals surface area contributed by atoms with Crippen LogP contribution in [0.1, 0.15) is 64.1 Å². The summed E-state index contributed by atoms with van der Waals surface area (Å²) >= 11 is 1.53. The number of rotatable bonds is 7. The predicted molar refractivity (Wildman–Crippen MR) is 104 cm³/mol. The number of carbonyl (C=O) groups excluding carboxylic acids is 3. The number of aryl methyl sites for hydroxylation is 1. The SMILES string of the molecule is Cc1csc(C(CC(C)C)NC(=O)CCN2C(=O)c3ccccc3C2=O)n1. The Morgan fingerprint density at radius 2 is 1.81 bits per heavy atom. The third kappa shape index (κ3) is 4.24. The maximum atomic E-state index is 12.5. The maximum Gasteiger partial charge on any atom is 0.261 e. The van der Waals surface area contributed by atoms with E-state index in [1.807, 2.05) is 12.3 Å². The molecule has 1 aliphatic heterocycles. The maximum absolute atomic E-state index is 12.5. The number of aromatic nitrogens is 1. The molecule has 0 aliphatic carbocycles. The predicted octanol–water partition coefficient (Wildman–Crippen LogP) is 3.34. The van der Waals surface area contributed by atoms with Crippen LogP contribution in [0, 0.1) is 12.8 Å². The van der Waals surface area contributed by atoms with Crippen molar-refractivity contribution in [2.24, 2.45) is 5.92 Å². The molecule has 1 N–H and O–H groups in total. The highest BCUT2D eigenvalue weighted by Gasteiger charge is 2.35. The molecule has 0 spiro atoms. The Morgan fingerprint density at radius 3 is 2.33 bits per heavy atom. The number of nitrogens with one attached hydrogen (secondary N) is 1. The minimum Gasteiger partial charge on any atom is -0.347 e. The molecule has 1 aromatic carbocycles. The van der Waals surface area contributed by atoms with Crippen LogP contribution in [-0.4, -0.2) is 34.2 Å². The third-order valence-corrected chi connectivity index (χ3v) is 5.49. The normalized spacial score (nSPS) is 14.6. The first-order valence-electron chi connectivity index (χ1n) is 9.03. The van der Waals surface area contributed by atoms with Crippen LogP contribution < -0.4 is 5.32 Å². The van der Waals surface area contributed by atoms with Crippen LogP contribution in [0.15, 0.2) is 29.6 Å². The van der Waals surface area contributed by atoms with E-state index in [0.29, 0.717) is 17.0 Å². The molecule has 142 valence electrons. The van der Waals surface area contributed by atoms with Gasteiger partial charge in [0.05, 0.1) is 17.2 Å². The fraction of sp³-hybridized carbons (Fsp3) is 0.400. The van der Waals surface area contributed by atoms with Gasteiger partial charge in [-0.3, -0.25) is 19.3 Å². The van der Waals surface area contributed by atoms with Crippen molar-refractivity contribution in [2.75, 3.05) is 6.54 Å². The van der Waals surface area contributed by atoms with Crippen molar-refractivity contribution in [2.45, 2.75) is 39.7 Å². The lowest BCUT2D eigenvalue weighted by Crippen LogP contribution is -2.36. The molecule has 0 fully saturated rings. The molecule has 2 heterocycles. The van der Waals surface area contributed by atoms with E-state index >= 15 is 0 Å². The smallest absolute Gasteiger partial charge is 0.261 e. The number of hydrogen-bond donors (Lipinski definition) is 1. The average molecular weight is 385 g/mol. The van der Waals surface area contributed by atoms with Crippen molar-refractivity contribution in [3.63, 3.8) is 0 Å². The molecule has 3 amide bonds. The van der Waals surface area contributed by atoms with E-state index in [1.165, 1.54) is 11.3 Å². The van der Waals surface area contributed by atoms with Gasteiger partial charge in [-0.15, -0.1) is 11.3 Å². The van der Waals surface area contributed by atoms with Gasteiger partial charge in [0.15, 0.2) is 0 Å². The number of imide groups is 1. The lowest BCUT2D eigenvalue weighted by atomic mass is 10.0. The van der Waals surface area contributed by atoms with Gasteiger partial charge in [-0.05, 0) is 31.4 Å². The van der Waals surface area contributed by atoms with Gasteiger partial charge in [0.25, 0.3) is 11.8 Å². The zero-order valence-electron chi connectivity index (χ0n) is 15.7. The molecule has 3 rings (SSSR count). The highest BCUT2D eigenvalue weighted by atomic mass is 32.1. The zero-order chi connectivity index (χ0) is 19.6. The highest BCUT2D eigenvalue weighted by Crippen LogP contribution is 2.25. The molecule has 0 saturated heterocycles. The first kappa shape index (κ1) is 19.2. The van der Waals surface area contributed by atoms with Crippen LogP contribution in [0.2, 0.25) is 0 Å². The molecule has 1 aromatic heterocycles. The lowest BCUT2D eigenvalue weighted by Gasteiger charge is -2.19. The Morgan fingerprint density at radius 1 is 1.19 bits per heavy atom. The lowest BCUT2D eigenvalue weighted by molar-refractivity contribution is -0.122. The number of nitrogens with zero attached hydrogens (tertiary/aromatic N) is 2. The number of hydrogen-bond acceptors (Lipinski definition) is 5. The minimum absolute atomic E-state index is 0.0729. The fourth-order valence-electron chi connectivity index (χ4n) is 3.15. The van der Waals surface area contributed by atoms with Crippen molar-refractivity contribution in [3.8, 4) is 0 Å². The zero-order valence-corrected chi connectivity index (χ0v) is 16.5. The van der Waals surface area contributed by atoms with Crippen molar-refractivity contribution >= 4 is 29.1 Å². The summed E-state index contributed by atoms with van der Waals surface area (Å²) in [6, 6.07) is 6.58. The van der Waals surface area contributed by atoms with E-state index in [4.69, 9.17) is 0 Å². The first-order valence-corrected chi connectivity index (χ1v) is 9.91. The van der Waals surface area contributed by atoms with Crippen LogP contribution in [0.25, 0.3) is 0 Å². The molecule has 0 radical (unpaired) electrons. The quantitative estimate of drug-likeness (QED) is 0.742. The van der Waals surface area contributed by atoms with Gasteiger partial charge in [0, 0.05) is 24.0 Å². The van der Waals surface area contributed by atoms with E-state index in [-0.39, 0.29) is 36.7 Å². The standard InChI is InChI=1S/C20H23N3O3S/c1-12(2)10-16(18-21-13(3)11-27-18)22-17(24)8-9-23-19(25)14-6-4-5-7-15(14)20(23)26/h4-7,11-12,16H,8-10H2,1-3H3,(H,22,24). The van der Waals surface area contributed by atoms with Crippen LogP contribution in [0.4, 0.5) is 0 Å². The van der Waals surface area contributed by atoms with Crippen molar-refractivity contribution in [1.82, 2.24) is 15.2 Å². The Bertz CT molecular complexity index is 840. The second kappa shape index (κ2) is 8.00. The summed E-state index contributed by atoms with van der Waals surface area (Å²) in [6.07, 6.45) is 0.857. The van der Waals surface area contributed by atoms with Crippen LogP contribution in [0.3, 0.4) is 0 Å². The first-order chi connectivity index (χ1) is 12.9. The van der Waals surface area contributed by atoms with E-state index in [0.717, 1.165) is 22.0 Å². The minimum atomic E-state index is -0.335. The van der Waals surface area contributed by atoms with Crippen LogP contribution in [0.5, 0.6) is 0 Å². The molecular weight excluding hydrogens is 362 g/mol. The van der Waals surface area contributed by atoms with Gasteiger partial charge in [-0.25, -0.2) is 4.98 Å². The van der Waals surface area contributed by atoms with E-state index in [2.05, 4.69) is 24.1 Å². The molecule has 2 aromatic rings. The third-order valence-electron chi connectivity index (χ3n) is 4.42. The highest BCUT2D eigenvalue weighted by molar-refractivity contribution is 7.09. The molecular formula is C20H23N3O3S. The summed E-state index contributed by atoms with van der Waals surface area (Å²) in [5.41, 5.74) is 1.74. The van der Waals surface area contributed by atoms with Gasteiger partial charge in [-0.1, -0.05) is 26.0 Å². The monoisotopic (exact) mass is 385 g/mol. The Labute approximate surface area is 162 Å². The summed E-state index contributed by atoms with van der Waals surface area (Å²) < 4.78 is 0. The van der Waals surface area contributed by atoms with Gasteiger partial charge >= 0.3 is 0 Å². The van der Waals surface area contributed by atoms with Gasteiger partial charge in [-0.2, -0.15) is 0 Å². The molecule has 1 aliphatic rings. The summed E-state index contributed by atoms with van der Waals surface area (Å²) in [5, 5.41) is 5.86. The molecule has 1 atom stereocenters. The molecule has 27 heavy (non-hydrogen) atoms. The van der Waals surface area contributed by atoms with Crippen LogP contribution in [-0.2, 0) is 4.79 Å². The average Bonchev–Trinajstić information content (AvgIpc) is 3.16. The van der Waals surface area contributed by atoms with Gasteiger partial charge in [0.1, 0.15) is 5.01 Å². The Kier molecular flexibility index (Phi) is 5.70. The van der Waals surface area contributed by atoms with E-state index in [9.17, 15) is 14.4 Å².